The van der Waals surface area contributed by atoms with Gasteiger partial charge in [-0.1, -0.05) is 0 Å². The number of nitrogens with zero attached hydrogens (tertiary/aromatic N) is 2. The van der Waals surface area contributed by atoms with Crippen molar-refractivity contribution in [2.24, 2.45) is 5.41 Å². The Morgan fingerprint density at radius 1 is 1.32 bits per heavy atom. The predicted octanol–water partition coefficient (Wildman–Crippen LogP) is 1.15. The van der Waals surface area contributed by atoms with Gasteiger partial charge in [-0.05, 0) is 6.42 Å². The van der Waals surface area contributed by atoms with Gasteiger partial charge in [-0.25, -0.2) is 8.42 Å². The molecule has 0 radical (unpaired) electrons. The summed E-state index contributed by atoms with van der Waals surface area (Å²) in [6.07, 6.45) is 1.46. The minimum absolute atomic E-state index is 0.0866. The van der Waals surface area contributed by atoms with Gasteiger partial charge < -0.3 is 9.64 Å². The fourth-order valence-electron chi connectivity index (χ4n) is 3.87. The fraction of sp³-hybridized carbons (Fsp3) is 0.571. The standard InChI is InChI=1S/C14H16N2O5S/c17-16(18)12-5-10-1-4-21-13(10)6-11(12)15-3-2-14(7-15)8-22(19,20)9-14/h5-6H,1-4,7-9H2. The SMILES string of the molecule is O=[N+]([O-])c1cc2c(cc1N1CCC3(C1)CS(=O)(=O)C3)OCC2. The largest absolute Gasteiger partial charge is 0.493 e. The number of nitro groups is 1. The van der Waals surface area contributed by atoms with Gasteiger partial charge in [0.2, 0.25) is 0 Å². The number of nitro benzene ring substituents is 1. The third-order valence-electron chi connectivity index (χ3n) is 4.81. The van der Waals surface area contributed by atoms with Crippen LogP contribution in [-0.2, 0) is 16.3 Å². The zero-order valence-electron chi connectivity index (χ0n) is 11.9. The van der Waals surface area contributed by atoms with Crippen LogP contribution in [0.25, 0.3) is 0 Å². The van der Waals surface area contributed by atoms with Gasteiger partial charge in [0.1, 0.15) is 11.4 Å². The van der Waals surface area contributed by atoms with Crippen molar-refractivity contribution in [1.29, 1.82) is 0 Å². The van der Waals surface area contributed by atoms with Gasteiger partial charge in [-0.15, -0.1) is 0 Å². The molecule has 7 nitrogen and oxygen atoms in total. The van der Waals surface area contributed by atoms with Crippen molar-refractivity contribution in [3.63, 3.8) is 0 Å². The molecule has 0 atom stereocenters. The minimum Gasteiger partial charge on any atom is -0.493 e. The van der Waals surface area contributed by atoms with Crippen molar-refractivity contribution < 1.29 is 18.1 Å². The van der Waals surface area contributed by atoms with E-state index in [2.05, 4.69) is 0 Å². The van der Waals surface area contributed by atoms with Crippen LogP contribution >= 0.6 is 0 Å². The van der Waals surface area contributed by atoms with E-state index >= 15 is 0 Å². The number of hydrogen-bond acceptors (Lipinski definition) is 6. The average Bonchev–Trinajstić information content (AvgIpc) is 3.01. The fourth-order valence-corrected chi connectivity index (χ4v) is 6.12. The molecule has 1 aromatic carbocycles. The number of ether oxygens (including phenoxy) is 1. The quantitative estimate of drug-likeness (QED) is 0.599. The second-order valence-electron chi connectivity index (χ2n) is 6.51. The highest BCUT2D eigenvalue weighted by atomic mass is 32.2. The monoisotopic (exact) mass is 324 g/mol. The molecular formula is C14H16N2O5S. The smallest absolute Gasteiger partial charge is 0.293 e. The summed E-state index contributed by atoms with van der Waals surface area (Å²) < 4.78 is 28.5. The van der Waals surface area contributed by atoms with Gasteiger partial charge in [-0.3, -0.25) is 10.1 Å². The Kier molecular flexibility index (Phi) is 2.73. The molecule has 3 heterocycles. The van der Waals surface area contributed by atoms with Gasteiger partial charge in [0.25, 0.3) is 5.69 Å². The lowest BCUT2D eigenvalue weighted by Crippen LogP contribution is -2.50. The van der Waals surface area contributed by atoms with Gasteiger partial charge in [0, 0.05) is 42.6 Å². The van der Waals surface area contributed by atoms with Crippen LogP contribution in [0.2, 0.25) is 0 Å². The van der Waals surface area contributed by atoms with Crippen LogP contribution in [0.1, 0.15) is 12.0 Å². The first-order chi connectivity index (χ1) is 10.4. The Bertz CT molecular complexity index is 762. The first-order valence-corrected chi connectivity index (χ1v) is 9.09. The van der Waals surface area contributed by atoms with Crippen molar-refractivity contribution in [3.05, 3.63) is 27.8 Å². The molecule has 0 aliphatic carbocycles. The Hall–Kier alpha value is -1.83. The van der Waals surface area contributed by atoms with E-state index in [1.165, 1.54) is 0 Å². The summed E-state index contributed by atoms with van der Waals surface area (Å²) >= 11 is 0. The van der Waals surface area contributed by atoms with Crippen LogP contribution in [0.5, 0.6) is 5.75 Å². The Morgan fingerprint density at radius 2 is 2.09 bits per heavy atom. The van der Waals surface area contributed by atoms with Gasteiger partial charge in [-0.2, -0.15) is 0 Å². The molecular weight excluding hydrogens is 308 g/mol. The Morgan fingerprint density at radius 3 is 2.77 bits per heavy atom. The first kappa shape index (κ1) is 13.8. The molecule has 118 valence electrons. The van der Waals surface area contributed by atoms with E-state index in [4.69, 9.17) is 4.74 Å². The summed E-state index contributed by atoms with van der Waals surface area (Å²) in [5.41, 5.74) is 1.29. The zero-order chi connectivity index (χ0) is 15.5. The van der Waals surface area contributed by atoms with Crippen LogP contribution in [0.15, 0.2) is 12.1 Å². The zero-order valence-corrected chi connectivity index (χ0v) is 12.8. The Labute approximate surface area is 127 Å². The molecule has 1 spiro atoms. The highest BCUT2D eigenvalue weighted by Crippen LogP contribution is 2.46. The number of rotatable bonds is 2. The van der Waals surface area contributed by atoms with Crippen LogP contribution in [0.3, 0.4) is 0 Å². The average molecular weight is 324 g/mol. The van der Waals surface area contributed by atoms with E-state index < -0.39 is 9.84 Å². The normalized spacial score (nSPS) is 23.9. The van der Waals surface area contributed by atoms with E-state index in [-0.39, 0.29) is 27.5 Å². The summed E-state index contributed by atoms with van der Waals surface area (Å²) in [5, 5.41) is 11.4. The third-order valence-corrected chi connectivity index (χ3v) is 6.92. The van der Waals surface area contributed by atoms with Gasteiger partial charge in [0.15, 0.2) is 9.84 Å². The lowest BCUT2D eigenvalue weighted by atomic mass is 9.91. The molecule has 3 aliphatic rings. The molecule has 0 amide bonds. The molecule has 3 aliphatic heterocycles. The molecule has 0 unspecified atom stereocenters. The van der Waals surface area contributed by atoms with Crippen LogP contribution < -0.4 is 9.64 Å². The maximum absolute atomic E-state index is 11.5. The summed E-state index contributed by atoms with van der Waals surface area (Å²) in [5.74, 6) is 1.11. The van der Waals surface area contributed by atoms with Crippen molar-refractivity contribution in [2.45, 2.75) is 12.8 Å². The highest BCUT2D eigenvalue weighted by Gasteiger charge is 2.52. The lowest BCUT2D eigenvalue weighted by Gasteiger charge is -2.37. The second-order valence-corrected chi connectivity index (χ2v) is 8.57. The molecule has 0 bridgehead atoms. The minimum atomic E-state index is -2.90. The van der Waals surface area contributed by atoms with E-state index in [0.29, 0.717) is 37.6 Å². The maximum atomic E-state index is 11.5. The molecule has 4 rings (SSSR count). The molecule has 1 aromatic rings. The van der Waals surface area contributed by atoms with Crippen molar-refractivity contribution in [1.82, 2.24) is 0 Å². The highest BCUT2D eigenvalue weighted by molar-refractivity contribution is 7.92. The molecule has 2 fully saturated rings. The summed E-state index contributed by atoms with van der Waals surface area (Å²) in [6.45, 7) is 1.76. The number of sulfone groups is 1. The van der Waals surface area contributed by atoms with Crippen LogP contribution in [0, 0.1) is 15.5 Å². The number of hydrogen-bond donors (Lipinski definition) is 0. The number of fused-ring (bicyclic) bond motifs is 1. The van der Waals surface area contributed by atoms with Crippen LogP contribution in [-0.4, -0.2) is 44.5 Å². The number of anilines is 1. The lowest BCUT2D eigenvalue weighted by molar-refractivity contribution is -0.384. The molecule has 0 N–H and O–H groups in total. The molecule has 22 heavy (non-hydrogen) atoms. The van der Waals surface area contributed by atoms with Gasteiger partial charge in [0.05, 0.1) is 23.0 Å². The van der Waals surface area contributed by atoms with E-state index in [9.17, 15) is 18.5 Å². The van der Waals surface area contributed by atoms with Crippen molar-refractivity contribution in [3.8, 4) is 5.75 Å². The first-order valence-electron chi connectivity index (χ1n) is 7.27. The predicted molar refractivity (Wildman–Crippen MR) is 80.2 cm³/mol. The summed E-state index contributed by atoms with van der Waals surface area (Å²) in [7, 11) is -2.90. The molecule has 2 saturated heterocycles. The van der Waals surface area contributed by atoms with Crippen molar-refractivity contribution >= 4 is 21.2 Å². The van der Waals surface area contributed by atoms with E-state index in [0.717, 1.165) is 12.0 Å². The van der Waals surface area contributed by atoms with Crippen LogP contribution in [0.4, 0.5) is 11.4 Å². The Balaban J connectivity index is 1.67. The maximum Gasteiger partial charge on any atom is 0.293 e. The van der Waals surface area contributed by atoms with Crippen molar-refractivity contribution in [2.75, 3.05) is 36.1 Å². The molecule has 0 aromatic heterocycles. The third kappa shape index (κ3) is 2.05. The molecule has 0 saturated carbocycles. The van der Waals surface area contributed by atoms with E-state index in [1.807, 2.05) is 4.90 Å². The molecule has 8 heteroatoms. The number of benzene rings is 1. The summed E-state index contributed by atoms with van der Waals surface area (Å²) in [6, 6.07) is 3.34. The topological polar surface area (TPSA) is 89.8 Å². The van der Waals surface area contributed by atoms with E-state index in [1.54, 1.807) is 12.1 Å². The summed E-state index contributed by atoms with van der Waals surface area (Å²) in [4.78, 5) is 12.9. The van der Waals surface area contributed by atoms with Gasteiger partial charge >= 0.3 is 0 Å². The second kappa shape index (κ2) is 4.34.